The molecule has 6 rings (SSSR count). The number of aromatic hydroxyl groups is 1. The van der Waals surface area contributed by atoms with Gasteiger partial charge in [0, 0.05) is 5.39 Å². The van der Waals surface area contributed by atoms with E-state index in [1.807, 2.05) is 38.1 Å². The number of phenolic OH excluding ortho intramolecular Hbond substituents is 1. The Morgan fingerprint density at radius 1 is 0.974 bits per heavy atom. The summed E-state index contributed by atoms with van der Waals surface area (Å²) in [5.74, 6) is -2.18. The van der Waals surface area contributed by atoms with E-state index in [-0.39, 0.29) is 28.9 Å². The molecule has 198 valence electrons. The molecule has 4 N–H and O–H groups in total. The lowest BCUT2D eigenvalue weighted by atomic mass is 9.54. The first-order valence-electron chi connectivity index (χ1n) is 13.3. The summed E-state index contributed by atoms with van der Waals surface area (Å²) < 4.78 is 6.18. The second kappa shape index (κ2) is 9.64. The van der Waals surface area contributed by atoms with Crippen LogP contribution in [0, 0.1) is 23.7 Å². The zero-order valence-corrected chi connectivity index (χ0v) is 21.7. The number of phenols is 1. The van der Waals surface area contributed by atoms with Crippen molar-refractivity contribution in [2.75, 3.05) is 4.90 Å². The second-order valence-corrected chi connectivity index (χ2v) is 11.0. The number of imide groups is 1. The van der Waals surface area contributed by atoms with Gasteiger partial charge in [0.15, 0.2) is 0 Å². The van der Waals surface area contributed by atoms with Gasteiger partial charge in [0.25, 0.3) is 0 Å². The minimum atomic E-state index is -1.73. The summed E-state index contributed by atoms with van der Waals surface area (Å²) in [5.41, 5.74) is 2.91. The Hall–Kier alpha value is -3.43. The Labute approximate surface area is 226 Å². The maximum Gasteiger partial charge on any atom is 0.488 e. The molecule has 3 aromatic carbocycles. The molecule has 2 aliphatic heterocycles. The smallest absolute Gasteiger partial charge is 0.488 e. The zero-order chi connectivity index (χ0) is 27.6. The number of benzene rings is 3. The Kier molecular flexibility index (Phi) is 6.38. The predicted octanol–water partition coefficient (Wildman–Crippen LogP) is 2.48. The molecule has 4 atom stereocenters. The van der Waals surface area contributed by atoms with E-state index >= 15 is 0 Å². The van der Waals surface area contributed by atoms with E-state index in [0.29, 0.717) is 29.4 Å². The standard InChI is InChI=1S/C29H29B2NO7/c1-15(2)21-13-23-26(29(35)32(28(23)34)17-7-5-6-16(12-17)30(36)37)22-14-25(39-31(38)27(21)22)20-10-11-24(33)19-9-4-3-8-18(19)20/h3-12,15,22-23,25-26,33,36-38H,13-14H2,1-2H3/t22-,23-,25-,26+/m0/s1. The van der Waals surface area contributed by atoms with E-state index < -0.39 is 38.1 Å². The molecule has 8 nitrogen and oxygen atoms in total. The fourth-order valence-corrected chi connectivity index (χ4v) is 6.77. The summed E-state index contributed by atoms with van der Waals surface area (Å²) in [7, 11) is -2.96. The van der Waals surface area contributed by atoms with Gasteiger partial charge in [0.1, 0.15) is 5.75 Å². The number of hydrogen-bond acceptors (Lipinski definition) is 7. The van der Waals surface area contributed by atoms with Crippen LogP contribution in [0.15, 0.2) is 71.7 Å². The van der Waals surface area contributed by atoms with Crippen molar-refractivity contribution in [3.05, 3.63) is 77.3 Å². The van der Waals surface area contributed by atoms with Crippen molar-refractivity contribution in [1.29, 1.82) is 0 Å². The summed E-state index contributed by atoms with van der Waals surface area (Å²) in [6.45, 7) is 4.02. The van der Waals surface area contributed by atoms with Gasteiger partial charge in [0.05, 0.1) is 23.6 Å². The van der Waals surface area contributed by atoms with Gasteiger partial charge in [0.2, 0.25) is 11.8 Å². The highest BCUT2D eigenvalue weighted by molar-refractivity contribution is 6.58. The van der Waals surface area contributed by atoms with Gasteiger partial charge in [-0.05, 0) is 64.8 Å². The molecular formula is C29H29B2NO7. The third-order valence-corrected chi connectivity index (χ3v) is 8.55. The number of carbonyl (C=O) groups is 2. The van der Waals surface area contributed by atoms with Crippen LogP contribution in [0.25, 0.3) is 10.8 Å². The van der Waals surface area contributed by atoms with Gasteiger partial charge in [-0.3, -0.25) is 14.5 Å². The first-order chi connectivity index (χ1) is 18.7. The number of carbonyl (C=O) groups excluding carboxylic acids is 2. The first-order valence-corrected chi connectivity index (χ1v) is 13.3. The van der Waals surface area contributed by atoms with E-state index in [1.54, 1.807) is 24.3 Å². The maximum absolute atomic E-state index is 14.0. The van der Waals surface area contributed by atoms with E-state index in [9.17, 15) is 29.8 Å². The number of rotatable bonds is 4. The van der Waals surface area contributed by atoms with Crippen molar-refractivity contribution in [1.82, 2.24) is 0 Å². The molecule has 1 aliphatic carbocycles. The van der Waals surface area contributed by atoms with Crippen molar-refractivity contribution in [3.63, 3.8) is 0 Å². The average molecular weight is 525 g/mol. The fraction of sp³-hybridized carbons (Fsp3) is 0.310. The molecular weight excluding hydrogens is 496 g/mol. The molecule has 0 radical (unpaired) electrons. The van der Waals surface area contributed by atoms with Gasteiger partial charge in [-0.25, -0.2) is 0 Å². The molecule has 0 bridgehead atoms. The molecule has 0 saturated carbocycles. The lowest BCUT2D eigenvalue weighted by molar-refractivity contribution is -0.123. The highest BCUT2D eigenvalue weighted by Gasteiger charge is 2.58. The lowest BCUT2D eigenvalue weighted by Crippen LogP contribution is -2.45. The van der Waals surface area contributed by atoms with Gasteiger partial charge in [-0.1, -0.05) is 61.9 Å². The van der Waals surface area contributed by atoms with Crippen molar-refractivity contribution < 1.29 is 34.4 Å². The quantitative estimate of drug-likeness (QED) is 0.305. The van der Waals surface area contributed by atoms with Crippen LogP contribution in [-0.4, -0.2) is 46.2 Å². The summed E-state index contributed by atoms with van der Waals surface area (Å²) in [6.07, 6.45) is 0.183. The minimum Gasteiger partial charge on any atom is -0.507 e. The van der Waals surface area contributed by atoms with Crippen molar-refractivity contribution in [2.24, 2.45) is 23.7 Å². The van der Waals surface area contributed by atoms with Crippen LogP contribution >= 0.6 is 0 Å². The highest BCUT2D eigenvalue weighted by atomic mass is 16.5. The minimum absolute atomic E-state index is 0.0394. The number of amides is 2. The maximum atomic E-state index is 14.0. The average Bonchev–Trinajstić information content (AvgIpc) is 3.18. The SMILES string of the molecule is CC(C)C1=C2B(O)O[C@H](c3ccc(O)c4ccccc34)C[C@H]2[C@H]2C(=O)N(c3cccc(B(O)O)c3)C(=O)[C@H]2C1. The fourth-order valence-electron chi connectivity index (χ4n) is 6.77. The van der Waals surface area contributed by atoms with Crippen LogP contribution in [0.4, 0.5) is 5.69 Å². The van der Waals surface area contributed by atoms with E-state index in [1.165, 1.54) is 12.1 Å². The number of nitrogens with zero attached hydrogens (tertiary/aromatic N) is 1. The molecule has 2 amide bonds. The molecule has 3 aliphatic rings. The Morgan fingerprint density at radius 3 is 2.44 bits per heavy atom. The van der Waals surface area contributed by atoms with Gasteiger partial charge in [-0.15, -0.1) is 0 Å². The zero-order valence-electron chi connectivity index (χ0n) is 21.7. The van der Waals surface area contributed by atoms with Crippen LogP contribution in [0.5, 0.6) is 5.75 Å². The highest BCUT2D eigenvalue weighted by Crippen LogP contribution is 2.53. The molecule has 3 aromatic rings. The molecule has 0 spiro atoms. The number of anilines is 1. The van der Waals surface area contributed by atoms with Gasteiger partial charge >= 0.3 is 14.2 Å². The first kappa shape index (κ1) is 25.8. The van der Waals surface area contributed by atoms with Gasteiger partial charge < -0.3 is 24.8 Å². The van der Waals surface area contributed by atoms with Crippen LogP contribution in [-0.2, 0) is 14.2 Å². The predicted molar refractivity (Wildman–Crippen MR) is 148 cm³/mol. The van der Waals surface area contributed by atoms with Crippen LogP contribution in [0.3, 0.4) is 0 Å². The van der Waals surface area contributed by atoms with Crippen LogP contribution < -0.4 is 10.4 Å². The van der Waals surface area contributed by atoms with Crippen molar-refractivity contribution >= 4 is 48.0 Å². The van der Waals surface area contributed by atoms with E-state index in [0.717, 1.165) is 21.4 Å². The van der Waals surface area contributed by atoms with E-state index in [4.69, 9.17) is 4.65 Å². The largest absolute Gasteiger partial charge is 0.507 e. The summed E-state index contributed by atoms with van der Waals surface area (Å²) in [4.78, 5) is 28.9. The molecule has 2 fully saturated rings. The number of allylic oxidation sites excluding steroid dienone is 2. The molecule has 2 heterocycles. The number of hydrogen-bond donors (Lipinski definition) is 4. The molecule has 2 saturated heterocycles. The van der Waals surface area contributed by atoms with Crippen LogP contribution in [0.2, 0.25) is 0 Å². The Balaban J connectivity index is 1.43. The normalized spacial score (nSPS) is 25.0. The summed E-state index contributed by atoms with van der Waals surface area (Å²) in [6, 6.07) is 17.0. The monoisotopic (exact) mass is 525 g/mol. The lowest BCUT2D eigenvalue weighted by Gasteiger charge is -2.43. The van der Waals surface area contributed by atoms with Gasteiger partial charge in [-0.2, -0.15) is 0 Å². The third-order valence-electron chi connectivity index (χ3n) is 8.55. The van der Waals surface area contributed by atoms with Crippen LogP contribution in [0.1, 0.15) is 38.4 Å². The topological polar surface area (TPSA) is 128 Å². The van der Waals surface area contributed by atoms with Crippen molar-refractivity contribution in [2.45, 2.75) is 32.8 Å². The summed E-state index contributed by atoms with van der Waals surface area (Å²) in [5, 5.41) is 42.5. The number of fused-ring (bicyclic) bond motifs is 4. The molecule has 10 heteroatoms. The Bertz CT molecular complexity index is 1520. The van der Waals surface area contributed by atoms with E-state index in [2.05, 4.69) is 0 Å². The Morgan fingerprint density at radius 2 is 1.72 bits per heavy atom. The second-order valence-electron chi connectivity index (χ2n) is 11.0. The summed E-state index contributed by atoms with van der Waals surface area (Å²) >= 11 is 0. The molecule has 0 aromatic heterocycles. The third kappa shape index (κ3) is 4.10. The molecule has 0 unspecified atom stereocenters. The van der Waals surface area contributed by atoms with Crippen molar-refractivity contribution in [3.8, 4) is 5.75 Å². The molecule has 39 heavy (non-hydrogen) atoms.